The summed E-state index contributed by atoms with van der Waals surface area (Å²) in [7, 11) is 3.28. The molecule has 0 spiro atoms. The number of hydrogen-bond donors (Lipinski definition) is 0. The van der Waals surface area contributed by atoms with Gasteiger partial charge in [0.25, 0.3) is 0 Å². The van der Waals surface area contributed by atoms with Gasteiger partial charge in [0.05, 0.1) is 20.3 Å². The quantitative estimate of drug-likeness (QED) is 0.502. The monoisotopic (exact) mass is 423 g/mol. The second-order valence-electron chi connectivity index (χ2n) is 8.16. The highest BCUT2D eigenvalue weighted by atomic mass is 16.5. The van der Waals surface area contributed by atoms with Crippen molar-refractivity contribution in [3.63, 3.8) is 0 Å². The normalized spacial score (nSPS) is 14.2. The van der Waals surface area contributed by atoms with Gasteiger partial charge < -0.3 is 19.1 Å². The van der Waals surface area contributed by atoms with Gasteiger partial charge in [-0.15, -0.1) is 0 Å². The molecule has 1 aliphatic rings. The molecule has 1 saturated carbocycles. The SMILES string of the molecule is COc1ccc(C=CC(=O)N(Cc2ccc(OC)c(OC(C)C)c2)C2CCCC2)cc1. The molecule has 0 aromatic heterocycles. The predicted octanol–water partition coefficient (Wildman–Crippen LogP) is 5.48. The zero-order valence-corrected chi connectivity index (χ0v) is 19.0. The zero-order chi connectivity index (χ0) is 22.2. The molecule has 5 heteroatoms. The molecule has 2 aromatic rings. The Morgan fingerprint density at radius 1 is 1.03 bits per heavy atom. The summed E-state index contributed by atoms with van der Waals surface area (Å²) < 4.78 is 16.5. The first-order valence-corrected chi connectivity index (χ1v) is 11.0. The number of nitrogens with zero attached hydrogens (tertiary/aromatic N) is 1. The average molecular weight is 424 g/mol. The first-order valence-electron chi connectivity index (χ1n) is 11.0. The molecule has 1 fully saturated rings. The number of hydrogen-bond acceptors (Lipinski definition) is 4. The molecular weight excluding hydrogens is 390 g/mol. The lowest BCUT2D eigenvalue weighted by atomic mass is 10.1. The second kappa shape index (κ2) is 10.9. The third-order valence-corrected chi connectivity index (χ3v) is 5.53. The summed E-state index contributed by atoms with van der Waals surface area (Å²) in [6.45, 7) is 4.53. The lowest BCUT2D eigenvalue weighted by Gasteiger charge is -2.28. The van der Waals surface area contributed by atoms with Gasteiger partial charge in [0.2, 0.25) is 5.91 Å². The van der Waals surface area contributed by atoms with Crippen molar-refractivity contribution in [2.75, 3.05) is 14.2 Å². The standard InChI is InChI=1S/C26H33NO4/c1-19(2)31-25-17-21(11-15-24(25)30-4)18-27(22-7-5-6-8-22)26(28)16-12-20-9-13-23(29-3)14-10-20/h9-17,19,22H,5-8,18H2,1-4H3. The van der Waals surface area contributed by atoms with Crippen LogP contribution in [0.25, 0.3) is 6.08 Å². The molecule has 0 saturated heterocycles. The van der Waals surface area contributed by atoms with Crippen LogP contribution in [-0.4, -0.2) is 37.2 Å². The molecule has 31 heavy (non-hydrogen) atoms. The smallest absolute Gasteiger partial charge is 0.247 e. The Bertz CT molecular complexity index is 883. The van der Waals surface area contributed by atoms with Gasteiger partial charge in [-0.05, 0) is 68.2 Å². The van der Waals surface area contributed by atoms with Gasteiger partial charge in [-0.25, -0.2) is 0 Å². The number of ether oxygens (including phenoxy) is 3. The lowest BCUT2D eigenvalue weighted by molar-refractivity contribution is -0.128. The molecule has 3 rings (SSSR count). The molecule has 0 aliphatic heterocycles. The maximum Gasteiger partial charge on any atom is 0.247 e. The molecule has 0 radical (unpaired) electrons. The van der Waals surface area contributed by atoms with Crippen molar-refractivity contribution < 1.29 is 19.0 Å². The van der Waals surface area contributed by atoms with Gasteiger partial charge in [-0.3, -0.25) is 4.79 Å². The zero-order valence-electron chi connectivity index (χ0n) is 19.0. The van der Waals surface area contributed by atoms with Crippen LogP contribution in [0, 0.1) is 0 Å². The van der Waals surface area contributed by atoms with Crippen molar-refractivity contribution >= 4 is 12.0 Å². The summed E-state index contributed by atoms with van der Waals surface area (Å²) >= 11 is 0. The Morgan fingerprint density at radius 3 is 2.35 bits per heavy atom. The Labute approximate surface area is 185 Å². The summed E-state index contributed by atoms with van der Waals surface area (Å²) in [6.07, 6.45) is 8.02. The molecule has 0 unspecified atom stereocenters. The van der Waals surface area contributed by atoms with Crippen molar-refractivity contribution in [3.8, 4) is 17.2 Å². The maximum absolute atomic E-state index is 13.2. The van der Waals surface area contributed by atoms with Crippen molar-refractivity contribution in [1.82, 2.24) is 4.90 Å². The van der Waals surface area contributed by atoms with E-state index in [4.69, 9.17) is 14.2 Å². The first kappa shape index (κ1) is 22.7. The number of benzene rings is 2. The molecule has 5 nitrogen and oxygen atoms in total. The number of carbonyl (C=O) groups excluding carboxylic acids is 1. The molecule has 0 bridgehead atoms. The summed E-state index contributed by atoms with van der Waals surface area (Å²) in [6, 6.07) is 13.9. The minimum atomic E-state index is 0.0323. The van der Waals surface area contributed by atoms with Crippen molar-refractivity contribution in [3.05, 3.63) is 59.7 Å². The van der Waals surface area contributed by atoms with Crippen LogP contribution in [0.4, 0.5) is 0 Å². The van der Waals surface area contributed by atoms with E-state index >= 15 is 0 Å². The van der Waals surface area contributed by atoms with Crippen LogP contribution in [0.2, 0.25) is 0 Å². The van der Waals surface area contributed by atoms with E-state index in [1.165, 1.54) is 12.8 Å². The van der Waals surface area contributed by atoms with Gasteiger partial charge in [-0.1, -0.05) is 31.0 Å². The predicted molar refractivity (Wildman–Crippen MR) is 124 cm³/mol. The van der Waals surface area contributed by atoms with Crippen LogP contribution in [0.1, 0.15) is 50.7 Å². The lowest BCUT2D eigenvalue weighted by Crippen LogP contribution is -2.37. The third-order valence-electron chi connectivity index (χ3n) is 5.53. The number of carbonyl (C=O) groups is 1. The molecule has 166 valence electrons. The topological polar surface area (TPSA) is 48.0 Å². The highest BCUT2D eigenvalue weighted by Gasteiger charge is 2.26. The number of rotatable bonds is 9. The third kappa shape index (κ3) is 6.27. The largest absolute Gasteiger partial charge is 0.497 e. The molecule has 0 atom stereocenters. The molecular formula is C26H33NO4. The van der Waals surface area contributed by atoms with E-state index in [0.29, 0.717) is 18.0 Å². The Kier molecular flexibility index (Phi) is 7.99. The van der Waals surface area contributed by atoms with Crippen LogP contribution in [-0.2, 0) is 11.3 Å². The van der Waals surface area contributed by atoms with Gasteiger partial charge >= 0.3 is 0 Å². The number of amides is 1. The molecule has 2 aromatic carbocycles. The molecule has 0 heterocycles. The second-order valence-corrected chi connectivity index (χ2v) is 8.16. The van der Waals surface area contributed by atoms with E-state index in [1.54, 1.807) is 20.3 Å². The molecule has 0 N–H and O–H groups in total. The Morgan fingerprint density at radius 2 is 1.74 bits per heavy atom. The van der Waals surface area contributed by atoms with Gasteiger partial charge in [0, 0.05) is 18.7 Å². The van der Waals surface area contributed by atoms with Crippen LogP contribution < -0.4 is 14.2 Å². The van der Waals surface area contributed by atoms with E-state index in [0.717, 1.165) is 29.7 Å². The average Bonchev–Trinajstić information content (AvgIpc) is 3.30. The summed E-state index contributed by atoms with van der Waals surface area (Å²) in [5, 5.41) is 0. The molecule has 1 amide bonds. The Balaban J connectivity index is 1.79. The van der Waals surface area contributed by atoms with Crippen molar-refractivity contribution in [2.45, 2.75) is 58.2 Å². The minimum Gasteiger partial charge on any atom is -0.497 e. The van der Waals surface area contributed by atoms with E-state index in [1.807, 2.05) is 67.3 Å². The fourth-order valence-corrected chi connectivity index (χ4v) is 3.94. The van der Waals surface area contributed by atoms with Crippen LogP contribution in [0.3, 0.4) is 0 Å². The fraction of sp³-hybridized carbons (Fsp3) is 0.423. The van der Waals surface area contributed by atoms with Crippen LogP contribution >= 0.6 is 0 Å². The van der Waals surface area contributed by atoms with Gasteiger partial charge in [0.1, 0.15) is 5.75 Å². The van der Waals surface area contributed by atoms with E-state index in [9.17, 15) is 4.79 Å². The highest BCUT2D eigenvalue weighted by molar-refractivity contribution is 5.92. The summed E-state index contributed by atoms with van der Waals surface area (Å²) in [5.41, 5.74) is 2.01. The summed E-state index contributed by atoms with van der Waals surface area (Å²) in [4.78, 5) is 15.2. The van der Waals surface area contributed by atoms with E-state index in [2.05, 4.69) is 0 Å². The van der Waals surface area contributed by atoms with E-state index in [-0.39, 0.29) is 18.1 Å². The Hall–Kier alpha value is -2.95. The van der Waals surface area contributed by atoms with Crippen molar-refractivity contribution in [1.29, 1.82) is 0 Å². The summed E-state index contributed by atoms with van der Waals surface area (Å²) in [5.74, 6) is 2.25. The van der Waals surface area contributed by atoms with Crippen LogP contribution in [0.5, 0.6) is 17.2 Å². The number of methoxy groups -OCH3 is 2. The van der Waals surface area contributed by atoms with E-state index < -0.39 is 0 Å². The molecule has 1 aliphatic carbocycles. The first-order chi connectivity index (χ1) is 15.0. The van der Waals surface area contributed by atoms with Gasteiger partial charge in [-0.2, -0.15) is 0 Å². The van der Waals surface area contributed by atoms with Gasteiger partial charge in [0.15, 0.2) is 11.5 Å². The maximum atomic E-state index is 13.2. The fourth-order valence-electron chi connectivity index (χ4n) is 3.94. The van der Waals surface area contributed by atoms with Crippen molar-refractivity contribution in [2.24, 2.45) is 0 Å². The highest BCUT2D eigenvalue weighted by Crippen LogP contribution is 2.31. The van der Waals surface area contributed by atoms with Crippen LogP contribution in [0.15, 0.2) is 48.5 Å². The minimum absolute atomic E-state index is 0.0323.